The van der Waals surface area contributed by atoms with Crippen molar-refractivity contribution < 1.29 is 9.47 Å². The van der Waals surface area contributed by atoms with E-state index in [1.165, 1.54) is 12.0 Å². The molecular weight excluding hydrogens is 467 g/mol. The number of guanidine groups is 1. The van der Waals surface area contributed by atoms with Gasteiger partial charge in [0.15, 0.2) is 5.96 Å². The summed E-state index contributed by atoms with van der Waals surface area (Å²) in [6.07, 6.45) is 2.29. The van der Waals surface area contributed by atoms with E-state index in [0.717, 1.165) is 64.1 Å². The summed E-state index contributed by atoms with van der Waals surface area (Å²) in [6, 6.07) is 9.02. The first-order valence-corrected chi connectivity index (χ1v) is 10.1. The van der Waals surface area contributed by atoms with Crippen LogP contribution in [-0.2, 0) is 4.74 Å². The van der Waals surface area contributed by atoms with Crippen molar-refractivity contribution in [1.82, 2.24) is 15.1 Å². The van der Waals surface area contributed by atoms with E-state index in [9.17, 15) is 0 Å². The molecule has 0 radical (unpaired) electrons. The third kappa shape index (κ3) is 6.22. The molecule has 0 bridgehead atoms. The Bertz CT molecular complexity index is 605. The lowest BCUT2D eigenvalue weighted by Crippen LogP contribution is -2.46. The second kappa shape index (κ2) is 11.8. The highest BCUT2D eigenvalue weighted by Gasteiger charge is 2.30. The van der Waals surface area contributed by atoms with E-state index in [1.807, 2.05) is 19.2 Å². The number of halogens is 1. The maximum atomic E-state index is 5.48. The van der Waals surface area contributed by atoms with E-state index in [1.54, 1.807) is 7.11 Å². The van der Waals surface area contributed by atoms with Crippen molar-refractivity contribution in [3.8, 4) is 5.75 Å². The summed E-state index contributed by atoms with van der Waals surface area (Å²) < 4.78 is 10.7. The molecule has 2 aliphatic heterocycles. The Morgan fingerprint density at radius 3 is 2.61 bits per heavy atom. The van der Waals surface area contributed by atoms with E-state index in [4.69, 9.17) is 9.47 Å². The van der Waals surface area contributed by atoms with Crippen LogP contribution in [0.25, 0.3) is 0 Å². The molecule has 0 amide bonds. The van der Waals surface area contributed by atoms with Gasteiger partial charge in [0.05, 0.1) is 20.3 Å². The van der Waals surface area contributed by atoms with Crippen LogP contribution < -0.4 is 10.1 Å². The largest absolute Gasteiger partial charge is 0.497 e. The Balaban J connectivity index is 0.00000280. The van der Waals surface area contributed by atoms with E-state index >= 15 is 0 Å². The third-order valence-electron chi connectivity index (χ3n) is 5.78. The van der Waals surface area contributed by atoms with Crippen LogP contribution in [0.4, 0.5) is 0 Å². The van der Waals surface area contributed by atoms with Gasteiger partial charge in [-0.2, -0.15) is 0 Å². The highest BCUT2D eigenvalue weighted by atomic mass is 127. The molecule has 2 atom stereocenters. The lowest BCUT2D eigenvalue weighted by molar-refractivity contribution is 0.0195. The minimum absolute atomic E-state index is 0. The monoisotopic (exact) mass is 502 g/mol. The molecule has 28 heavy (non-hydrogen) atoms. The van der Waals surface area contributed by atoms with Crippen molar-refractivity contribution in [3.05, 3.63) is 29.8 Å². The molecule has 2 fully saturated rings. The van der Waals surface area contributed by atoms with Crippen LogP contribution in [0.3, 0.4) is 0 Å². The second-order valence-electron chi connectivity index (χ2n) is 7.47. The summed E-state index contributed by atoms with van der Waals surface area (Å²) in [4.78, 5) is 9.49. The van der Waals surface area contributed by atoms with Gasteiger partial charge < -0.3 is 19.7 Å². The molecule has 158 valence electrons. The van der Waals surface area contributed by atoms with E-state index in [0.29, 0.717) is 12.0 Å². The predicted molar refractivity (Wildman–Crippen MR) is 125 cm³/mol. The predicted octanol–water partition coefficient (Wildman–Crippen LogP) is 2.79. The van der Waals surface area contributed by atoms with Crippen molar-refractivity contribution >= 4 is 29.9 Å². The van der Waals surface area contributed by atoms with Gasteiger partial charge in [0, 0.05) is 45.8 Å². The number of hydrogen-bond donors (Lipinski definition) is 1. The van der Waals surface area contributed by atoms with Gasteiger partial charge in [-0.1, -0.05) is 19.1 Å². The Morgan fingerprint density at radius 1 is 1.25 bits per heavy atom. The molecule has 2 aliphatic rings. The molecule has 1 N–H and O–H groups in total. The highest BCUT2D eigenvalue weighted by Crippen LogP contribution is 2.21. The summed E-state index contributed by atoms with van der Waals surface area (Å²) in [6.45, 7) is 9.20. The average Bonchev–Trinajstić information content (AvgIpc) is 3.22. The minimum Gasteiger partial charge on any atom is -0.497 e. The molecule has 2 unspecified atom stereocenters. The van der Waals surface area contributed by atoms with Crippen LogP contribution in [0.15, 0.2) is 29.3 Å². The SMILES string of the molecule is CN=C(NCCC(C)c1ccc(OC)cc1)N1CCC(N2CCOCC2)C1.I. The maximum absolute atomic E-state index is 5.48. The van der Waals surface area contributed by atoms with E-state index in [-0.39, 0.29) is 24.0 Å². The number of morpholine rings is 1. The zero-order valence-electron chi connectivity index (χ0n) is 17.4. The normalized spacial score (nSPS) is 21.9. The number of nitrogens with zero attached hydrogens (tertiary/aromatic N) is 3. The first-order chi connectivity index (χ1) is 13.2. The summed E-state index contributed by atoms with van der Waals surface area (Å²) >= 11 is 0. The molecule has 0 aromatic heterocycles. The van der Waals surface area contributed by atoms with Crippen molar-refractivity contribution in [1.29, 1.82) is 0 Å². The molecule has 3 rings (SSSR count). The third-order valence-corrected chi connectivity index (χ3v) is 5.78. The fraction of sp³-hybridized carbons (Fsp3) is 0.667. The van der Waals surface area contributed by atoms with Gasteiger partial charge in [0.1, 0.15) is 5.75 Å². The van der Waals surface area contributed by atoms with Gasteiger partial charge in [0.2, 0.25) is 0 Å². The molecular formula is C21H35IN4O2. The quantitative estimate of drug-likeness (QED) is 0.369. The Kier molecular flexibility index (Phi) is 9.81. The topological polar surface area (TPSA) is 49.3 Å². The van der Waals surface area contributed by atoms with Crippen LogP contribution in [0.1, 0.15) is 31.2 Å². The first kappa shape index (κ1) is 23.2. The van der Waals surface area contributed by atoms with Gasteiger partial charge in [-0.15, -0.1) is 24.0 Å². The van der Waals surface area contributed by atoms with Gasteiger partial charge in [-0.25, -0.2) is 0 Å². The fourth-order valence-corrected chi connectivity index (χ4v) is 4.01. The number of hydrogen-bond acceptors (Lipinski definition) is 4. The number of methoxy groups -OCH3 is 1. The second-order valence-corrected chi connectivity index (χ2v) is 7.47. The summed E-state index contributed by atoms with van der Waals surface area (Å²) in [7, 11) is 3.59. The molecule has 1 aromatic rings. The maximum Gasteiger partial charge on any atom is 0.193 e. The molecule has 0 saturated carbocycles. The van der Waals surface area contributed by atoms with Gasteiger partial charge in [-0.3, -0.25) is 9.89 Å². The van der Waals surface area contributed by atoms with E-state index in [2.05, 4.69) is 39.2 Å². The van der Waals surface area contributed by atoms with Crippen LogP contribution in [0.5, 0.6) is 5.75 Å². The Labute approximate surface area is 186 Å². The molecule has 2 heterocycles. The zero-order chi connectivity index (χ0) is 19.1. The molecule has 0 spiro atoms. The van der Waals surface area contributed by atoms with Crippen LogP contribution in [0.2, 0.25) is 0 Å². The number of ether oxygens (including phenoxy) is 2. The van der Waals surface area contributed by atoms with Crippen molar-refractivity contribution in [2.24, 2.45) is 4.99 Å². The lowest BCUT2D eigenvalue weighted by Gasteiger charge is -2.32. The highest BCUT2D eigenvalue weighted by molar-refractivity contribution is 14.0. The molecule has 1 aromatic carbocycles. The number of rotatable bonds is 6. The van der Waals surface area contributed by atoms with E-state index < -0.39 is 0 Å². The van der Waals surface area contributed by atoms with Crippen LogP contribution in [-0.4, -0.2) is 81.9 Å². The Morgan fingerprint density at radius 2 is 1.96 bits per heavy atom. The molecule has 0 aliphatic carbocycles. The molecule has 7 heteroatoms. The lowest BCUT2D eigenvalue weighted by atomic mass is 9.98. The minimum atomic E-state index is 0. The summed E-state index contributed by atoms with van der Waals surface area (Å²) in [5.41, 5.74) is 1.35. The van der Waals surface area contributed by atoms with Crippen molar-refractivity contribution in [2.45, 2.75) is 31.7 Å². The standard InChI is InChI=1S/C21H34N4O2.HI/c1-17(18-4-6-20(26-3)7-5-18)8-10-23-21(22-2)25-11-9-19(16-25)24-12-14-27-15-13-24;/h4-7,17,19H,8-16H2,1-3H3,(H,22,23);1H. The molecule has 2 saturated heterocycles. The van der Waals surface area contributed by atoms with Gasteiger partial charge in [0.25, 0.3) is 0 Å². The first-order valence-electron chi connectivity index (χ1n) is 10.1. The van der Waals surface area contributed by atoms with Crippen molar-refractivity contribution in [3.63, 3.8) is 0 Å². The average molecular weight is 502 g/mol. The van der Waals surface area contributed by atoms with Gasteiger partial charge in [-0.05, 0) is 36.5 Å². The fourth-order valence-electron chi connectivity index (χ4n) is 4.01. The van der Waals surface area contributed by atoms with Crippen LogP contribution >= 0.6 is 24.0 Å². The molecule has 6 nitrogen and oxygen atoms in total. The van der Waals surface area contributed by atoms with Crippen molar-refractivity contribution in [2.75, 3.05) is 60.1 Å². The smallest absolute Gasteiger partial charge is 0.193 e. The number of aliphatic imine (C=N–C) groups is 1. The van der Waals surface area contributed by atoms with Crippen LogP contribution in [0, 0.1) is 0 Å². The van der Waals surface area contributed by atoms with Gasteiger partial charge >= 0.3 is 0 Å². The summed E-state index contributed by atoms with van der Waals surface area (Å²) in [5.74, 6) is 2.45. The number of nitrogens with one attached hydrogen (secondary N) is 1. The zero-order valence-corrected chi connectivity index (χ0v) is 19.7. The Hall–Kier alpha value is -1.06. The summed E-state index contributed by atoms with van der Waals surface area (Å²) in [5, 5.41) is 3.57. The number of likely N-dealkylation sites (tertiary alicyclic amines) is 1. The number of benzene rings is 1.